The number of hydrogen-bond donors (Lipinski definition) is 3. The molecule has 0 bridgehead atoms. The van der Waals surface area contributed by atoms with Gasteiger partial charge in [0.1, 0.15) is 0 Å². The highest BCUT2D eigenvalue weighted by Crippen LogP contribution is 2.33. The van der Waals surface area contributed by atoms with E-state index in [0.29, 0.717) is 5.92 Å². The van der Waals surface area contributed by atoms with Crippen LogP contribution in [0.3, 0.4) is 0 Å². The highest BCUT2D eigenvalue weighted by Gasteiger charge is 2.21. The molecule has 0 saturated heterocycles. The second-order valence-electron chi connectivity index (χ2n) is 5.36. The highest BCUT2D eigenvalue weighted by atomic mass is 79.9. The third-order valence-corrected chi connectivity index (χ3v) is 4.51. The molecule has 0 aliphatic carbocycles. The Morgan fingerprint density at radius 2 is 1.70 bits per heavy atom. The molecule has 0 spiro atoms. The minimum absolute atomic E-state index is 0.00734. The van der Waals surface area contributed by atoms with Crippen molar-refractivity contribution in [1.82, 2.24) is 9.97 Å². The van der Waals surface area contributed by atoms with Gasteiger partial charge in [0.05, 0.1) is 11.0 Å². The third-order valence-electron chi connectivity index (χ3n) is 3.82. The van der Waals surface area contributed by atoms with Crippen LogP contribution in [0.5, 0.6) is 0 Å². The summed E-state index contributed by atoms with van der Waals surface area (Å²) < 4.78 is 0.963. The summed E-state index contributed by atoms with van der Waals surface area (Å²) in [5, 5.41) is 0. The van der Waals surface area contributed by atoms with Crippen molar-refractivity contribution in [3.63, 3.8) is 0 Å². The van der Waals surface area contributed by atoms with Crippen LogP contribution >= 0.6 is 15.9 Å². The van der Waals surface area contributed by atoms with Gasteiger partial charge in [-0.2, -0.15) is 0 Å². The van der Waals surface area contributed by atoms with Gasteiger partial charge >= 0.3 is 5.69 Å². The number of fused-ring (bicyclic) bond motifs is 1. The average Bonchev–Trinajstić information content (AvgIpc) is 2.76. The maximum Gasteiger partial charge on any atom is 0.323 e. The molecule has 20 heavy (non-hydrogen) atoms. The van der Waals surface area contributed by atoms with Gasteiger partial charge in [0.15, 0.2) is 0 Å². The summed E-state index contributed by atoms with van der Waals surface area (Å²) in [5.41, 5.74) is 8.98. The number of benzene rings is 1. The van der Waals surface area contributed by atoms with E-state index in [4.69, 9.17) is 5.73 Å². The summed E-state index contributed by atoms with van der Waals surface area (Å²) in [6.45, 7) is 4.38. The molecule has 0 fully saturated rings. The summed E-state index contributed by atoms with van der Waals surface area (Å²) >= 11 is 3.58. The van der Waals surface area contributed by atoms with Crippen molar-refractivity contribution >= 4 is 27.0 Å². The van der Waals surface area contributed by atoms with Crippen LogP contribution in [0.15, 0.2) is 21.4 Å². The molecule has 0 aliphatic heterocycles. The standard InChI is InChI=1S/C15H22BrN3O/c1-3-5-9(6-4-2)14(17)10-7-12-13(8-11(10)16)19-15(20)18-12/h7-9,14H,3-6,17H2,1-2H3,(H2,18,19,20). The van der Waals surface area contributed by atoms with Crippen molar-refractivity contribution in [1.29, 1.82) is 0 Å². The monoisotopic (exact) mass is 339 g/mol. The topological polar surface area (TPSA) is 74.7 Å². The first-order valence-corrected chi connectivity index (χ1v) is 8.03. The molecule has 4 N–H and O–H groups in total. The minimum atomic E-state index is -0.184. The van der Waals surface area contributed by atoms with Crippen LogP contribution in [0.1, 0.15) is 51.1 Å². The van der Waals surface area contributed by atoms with Crippen LogP contribution in [0, 0.1) is 5.92 Å². The lowest BCUT2D eigenvalue weighted by Crippen LogP contribution is -2.22. The Bertz CT molecular complexity index is 626. The summed E-state index contributed by atoms with van der Waals surface area (Å²) in [6.07, 6.45) is 4.53. The minimum Gasteiger partial charge on any atom is -0.324 e. The molecule has 1 atom stereocenters. The van der Waals surface area contributed by atoms with E-state index < -0.39 is 0 Å². The molecule has 110 valence electrons. The number of aromatic amines is 2. The quantitative estimate of drug-likeness (QED) is 0.747. The van der Waals surface area contributed by atoms with E-state index in [1.54, 1.807) is 0 Å². The van der Waals surface area contributed by atoms with Gasteiger partial charge in [-0.3, -0.25) is 0 Å². The molecule has 4 nitrogen and oxygen atoms in total. The van der Waals surface area contributed by atoms with E-state index >= 15 is 0 Å². The highest BCUT2D eigenvalue weighted by molar-refractivity contribution is 9.10. The molecular weight excluding hydrogens is 318 g/mol. The van der Waals surface area contributed by atoms with Crippen molar-refractivity contribution in [2.75, 3.05) is 0 Å². The van der Waals surface area contributed by atoms with Crippen LogP contribution < -0.4 is 11.4 Å². The predicted molar refractivity (Wildman–Crippen MR) is 86.9 cm³/mol. The first kappa shape index (κ1) is 15.3. The van der Waals surface area contributed by atoms with Gasteiger partial charge in [-0.1, -0.05) is 42.6 Å². The van der Waals surface area contributed by atoms with Crippen molar-refractivity contribution in [3.05, 3.63) is 32.7 Å². The largest absolute Gasteiger partial charge is 0.324 e. The van der Waals surface area contributed by atoms with E-state index in [-0.39, 0.29) is 11.7 Å². The summed E-state index contributed by atoms with van der Waals surface area (Å²) in [7, 11) is 0. The van der Waals surface area contributed by atoms with Crippen molar-refractivity contribution in [2.24, 2.45) is 11.7 Å². The first-order valence-electron chi connectivity index (χ1n) is 7.23. The van der Waals surface area contributed by atoms with E-state index in [2.05, 4.69) is 39.7 Å². The zero-order chi connectivity index (χ0) is 14.7. The number of rotatable bonds is 6. The normalized spacial score (nSPS) is 13.2. The smallest absolute Gasteiger partial charge is 0.323 e. The predicted octanol–water partition coefficient (Wildman–Crippen LogP) is 3.83. The van der Waals surface area contributed by atoms with Gasteiger partial charge < -0.3 is 15.7 Å². The number of nitrogens with two attached hydrogens (primary N) is 1. The molecule has 1 aromatic heterocycles. The Kier molecular flexibility index (Phi) is 5.05. The summed E-state index contributed by atoms with van der Waals surface area (Å²) in [5.74, 6) is 0.476. The second-order valence-corrected chi connectivity index (χ2v) is 6.22. The third kappa shape index (κ3) is 3.15. The Morgan fingerprint density at radius 3 is 2.25 bits per heavy atom. The van der Waals surface area contributed by atoms with Crippen molar-refractivity contribution < 1.29 is 0 Å². The first-order chi connectivity index (χ1) is 9.56. The van der Waals surface area contributed by atoms with E-state index in [1.165, 1.54) is 0 Å². The number of halogens is 1. The van der Waals surface area contributed by atoms with Gasteiger partial charge in [0.25, 0.3) is 0 Å². The maximum atomic E-state index is 11.4. The van der Waals surface area contributed by atoms with E-state index in [9.17, 15) is 4.79 Å². The van der Waals surface area contributed by atoms with Crippen LogP contribution in [0.25, 0.3) is 11.0 Å². The number of imidazole rings is 1. The Morgan fingerprint density at radius 1 is 1.15 bits per heavy atom. The lowest BCUT2D eigenvalue weighted by Gasteiger charge is -2.24. The average molecular weight is 340 g/mol. The number of hydrogen-bond acceptors (Lipinski definition) is 2. The van der Waals surface area contributed by atoms with Crippen LogP contribution in [-0.4, -0.2) is 9.97 Å². The lowest BCUT2D eigenvalue weighted by molar-refractivity contribution is 0.368. The molecule has 2 aromatic rings. The zero-order valence-electron chi connectivity index (χ0n) is 12.0. The summed E-state index contributed by atoms with van der Waals surface area (Å²) in [4.78, 5) is 16.9. The summed E-state index contributed by atoms with van der Waals surface area (Å²) in [6, 6.07) is 3.91. The Balaban J connectivity index is 2.38. The van der Waals surface area contributed by atoms with Gasteiger partial charge in [-0.05, 0) is 36.5 Å². The van der Waals surface area contributed by atoms with Crippen molar-refractivity contribution in [2.45, 2.75) is 45.6 Å². The van der Waals surface area contributed by atoms with Gasteiger partial charge in [0.2, 0.25) is 0 Å². The fourth-order valence-electron chi connectivity index (χ4n) is 2.83. The van der Waals surface area contributed by atoms with Gasteiger partial charge in [0, 0.05) is 10.5 Å². The molecule has 0 aliphatic rings. The fourth-order valence-corrected chi connectivity index (χ4v) is 3.43. The molecule has 1 aromatic carbocycles. The SMILES string of the molecule is CCCC(CCC)C(N)c1cc2[nH]c(=O)[nH]c2cc1Br. The van der Waals surface area contributed by atoms with Crippen LogP contribution in [0.4, 0.5) is 0 Å². The van der Waals surface area contributed by atoms with E-state index in [0.717, 1.165) is 46.8 Å². The Hall–Kier alpha value is -1.07. The fraction of sp³-hybridized carbons (Fsp3) is 0.533. The lowest BCUT2D eigenvalue weighted by atomic mass is 9.86. The molecule has 2 rings (SSSR count). The molecular formula is C15H22BrN3O. The van der Waals surface area contributed by atoms with E-state index in [1.807, 2.05) is 12.1 Å². The van der Waals surface area contributed by atoms with Gasteiger partial charge in [-0.25, -0.2) is 4.79 Å². The molecule has 0 radical (unpaired) electrons. The molecule has 1 heterocycles. The number of aromatic nitrogens is 2. The zero-order valence-corrected chi connectivity index (χ0v) is 13.6. The van der Waals surface area contributed by atoms with Crippen molar-refractivity contribution in [3.8, 4) is 0 Å². The van der Waals surface area contributed by atoms with Gasteiger partial charge in [-0.15, -0.1) is 0 Å². The molecule has 1 unspecified atom stereocenters. The second kappa shape index (κ2) is 6.59. The Labute approximate surface area is 127 Å². The molecule has 0 saturated carbocycles. The maximum absolute atomic E-state index is 11.4. The number of nitrogens with one attached hydrogen (secondary N) is 2. The molecule has 5 heteroatoms. The van der Waals surface area contributed by atoms with Crippen LogP contribution in [-0.2, 0) is 0 Å². The number of H-pyrrole nitrogens is 2. The van der Waals surface area contributed by atoms with Crippen LogP contribution in [0.2, 0.25) is 0 Å². The molecule has 0 amide bonds.